The molecule has 0 aliphatic carbocycles. The summed E-state index contributed by atoms with van der Waals surface area (Å²) < 4.78 is 0.977. The molecular weight excluding hydrogens is 364 g/mol. The Hall–Kier alpha value is -1.65. The van der Waals surface area contributed by atoms with E-state index in [-0.39, 0.29) is 11.8 Å². The predicted molar refractivity (Wildman–Crippen MR) is 102 cm³/mol. The first-order chi connectivity index (χ1) is 11.6. The molecule has 126 valence electrons. The molecular formula is C20H23BrN2O. The zero-order chi connectivity index (χ0) is 16.9. The summed E-state index contributed by atoms with van der Waals surface area (Å²) in [6, 6.07) is 16.2. The number of hydrogen-bond acceptors (Lipinski definition) is 2. The van der Waals surface area contributed by atoms with Crippen molar-refractivity contribution in [3.05, 3.63) is 64.1 Å². The molecule has 0 radical (unpaired) electrons. The number of hydrogen-bond donors (Lipinski definition) is 1. The van der Waals surface area contributed by atoms with Crippen molar-refractivity contribution in [2.45, 2.75) is 26.3 Å². The van der Waals surface area contributed by atoms with Gasteiger partial charge in [0.25, 0.3) is 0 Å². The zero-order valence-corrected chi connectivity index (χ0v) is 15.6. The van der Waals surface area contributed by atoms with Gasteiger partial charge in [-0.3, -0.25) is 9.69 Å². The summed E-state index contributed by atoms with van der Waals surface area (Å²) in [5, 5.41) is 3.05. The number of anilines is 1. The second-order valence-corrected chi connectivity index (χ2v) is 7.42. The van der Waals surface area contributed by atoms with Gasteiger partial charge in [0.15, 0.2) is 0 Å². The summed E-state index contributed by atoms with van der Waals surface area (Å²) in [5.41, 5.74) is 3.52. The van der Waals surface area contributed by atoms with Gasteiger partial charge in [-0.25, -0.2) is 0 Å². The number of aryl methyl sites for hydroxylation is 1. The average Bonchev–Trinajstić information content (AvgIpc) is 2.57. The SMILES string of the molecule is Cc1ccccc1CN1CCCC(C(=O)Nc2cccc(Br)c2)C1. The molecule has 0 spiro atoms. The number of nitrogens with zero attached hydrogens (tertiary/aromatic N) is 1. The maximum atomic E-state index is 12.6. The first kappa shape index (κ1) is 17.2. The topological polar surface area (TPSA) is 32.3 Å². The van der Waals surface area contributed by atoms with Gasteiger partial charge in [0.05, 0.1) is 5.92 Å². The lowest BCUT2D eigenvalue weighted by Crippen LogP contribution is -2.40. The number of amides is 1. The maximum Gasteiger partial charge on any atom is 0.228 e. The van der Waals surface area contributed by atoms with Crippen LogP contribution in [0.2, 0.25) is 0 Å². The second kappa shape index (κ2) is 7.95. The summed E-state index contributed by atoms with van der Waals surface area (Å²) >= 11 is 3.44. The third-order valence-electron chi connectivity index (χ3n) is 4.62. The fourth-order valence-corrected chi connectivity index (χ4v) is 3.65. The van der Waals surface area contributed by atoms with Crippen molar-refractivity contribution in [3.63, 3.8) is 0 Å². The van der Waals surface area contributed by atoms with Crippen molar-refractivity contribution in [2.75, 3.05) is 18.4 Å². The molecule has 1 saturated heterocycles. The van der Waals surface area contributed by atoms with Gasteiger partial charge < -0.3 is 5.32 Å². The Bertz CT molecular complexity index is 716. The van der Waals surface area contributed by atoms with Crippen LogP contribution < -0.4 is 5.32 Å². The molecule has 0 aromatic heterocycles. The number of halogens is 1. The van der Waals surface area contributed by atoms with Crippen molar-refractivity contribution >= 4 is 27.5 Å². The highest BCUT2D eigenvalue weighted by atomic mass is 79.9. The van der Waals surface area contributed by atoms with E-state index in [1.54, 1.807) is 0 Å². The average molecular weight is 387 g/mol. The van der Waals surface area contributed by atoms with Gasteiger partial charge in [-0.2, -0.15) is 0 Å². The van der Waals surface area contributed by atoms with Crippen LogP contribution in [0.15, 0.2) is 53.0 Å². The van der Waals surface area contributed by atoms with Crippen molar-refractivity contribution in [3.8, 4) is 0 Å². The molecule has 0 bridgehead atoms. The lowest BCUT2D eigenvalue weighted by molar-refractivity contribution is -0.121. The molecule has 24 heavy (non-hydrogen) atoms. The molecule has 1 aliphatic heterocycles. The Kier molecular flexibility index (Phi) is 5.69. The Morgan fingerprint density at radius 1 is 1.25 bits per heavy atom. The lowest BCUT2D eigenvalue weighted by atomic mass is 9.96. The van der Waals surface area contributed by atoms with Gasteiger partial charge >= 0.3 is 0 Å². The second-order valence-electron chi connectivity index (χ2n) is 6.50. The van der Waals surface area contributed by atoms with Crippen LogP contribution in [0.1, 0.15) is 24.0 Å². The minimum absolute atomic E-state index is 0.0572. The number of rotatable bonds is 4. The van der Waals surface area contributed by atoms with Crippen LogP contribution in [-0.4, -0.2) is 23.9 Å². The highest BCUT2D eigenvalue weighted by Crippen LogP contribution is 2.22. The van der Waals surface area contributed by atoms with E-state index in [2.05, 4.69) is 57.3 Å². The summed E-state index contributed by atoms with van der Waals surface area (Å²) in [6.45, 7) is 4.97. The first-order valence-corrected chi connectivity index (χ1v) is 9.24. The zero-order valence-electron chi connectivity index (χ0n) is 14.0. The van der Waals surface area contributed by atoms with E-state index in [9.17, 15) is 4.79 Å². The van der Waals surface area contributed by atoms with Gasteiger partial charge in [-0.1, -0.05) is 46.3 Å². The molecule has 2 aromatic rings. The van der Waals surface area contributed by atoms with Crippen molar-refractivity contribution in [1.29, 1.82) is 0 Å². The monoisotopic (exact) mass is 386 g/mol. The number of benzene rings is 2. The van der Waals surface area contributed by atoms with Crippen LogP contribution in [-0.2, 0) is 11.3 Å². The largest absolute Gasteiger partial charge is 0.326 e. The van der Waals surface area contributed by atoms with Gasteiger partial charge in [0.2, 0.25) is 5.91 Å². The Labute approximate surface area is 152 Å². The van der Waals surface area contributed by atoms with Crippen LogP contribution in [0.25, 0.3) is 0 Å². The van der Waals surface area contributed by atoms with E-state index in [1.165, 1.54) is 11.1 Å². The Morgan fingerprint density at radius 3 is 2.88 bits per heavy atom. The van der Waals surface area contributed by atoms with E-state index in [0.29, 0.717) is 0 Å². The normalized spacial score (nSPS) is 18.3. The molecule has 1 unspecified atom stereocenters. The van der Waals surface area contributed by atoms with E-state index >= 15 is 0 Å². The molecule has 1 aliphatic rings. The molecule has 1 atom stereocenters. The third kappa shape index (κ3) is 4.46. The van der Waals surface area contributed by atoms with Crippen LogP contribution in [0.4, 0.5) is 5.69 Å². The first-order valence-electron chi connectivity index (χ1n) is 8.45. The summed E-state index contributed by atoms with van der Waals surface area (Å²) in [4.78, 5) is 15.0. The van der Waals surface area contributed by atoms with Gasteiger partial charge in [-0.15, -0.1) is 0 Å². The molecule has 4 heteroatoms. The van der Waals surface area contributed by atoms with Crippen LogP contribution in [0.3, 0.4) is 0 Å². The number of carbonyl (C=O) groups excluding carboxylic acids is 1. The summed E-state index contributed by atoms with van der Waals surface area (Å²) in [6.07, 6.45) is 2.03. The standard InChI is InChI=1S/C20H23BrN2O/c1-15-6-2-3-7-16(15)13-23-11-5-8-17(14-23)20(24)22-19-10-4-9-18(21)12-19/h2-4,6-7,9-10,12,17H,5,8,11,13-14H2,1H3,(H,22,24). The van der Waals surface area contributed by atoms with Crippen LogP contribution in [0, 0.1) is 12.8 Å². The van der Waals surface area contributed by atoms with Gasteiger partial charge in [0, 0.05) is 23.2 Å². The molecule has 3 rings (SSSR count). The molecule has 1 fully saturated rings. The van der Waals surface area contributed by atoms with Crippen molar-refractivity contribution in [2.24, 2.45) is 5.92 Å². The van der Waals surface area contributed by atoms with E-state index in [0.717, 1.165) is 42.6 Å². The number of likely N-dealkylation sites (tertiary alicyclic amines) is 1. The minimum Gasteiger partial charge on any atom is -0.326 e. The molecule has 1 amide bonds. The van der Waals surface area contributed by atoms with Gasteiger partial charge in [-0.05, 0) is 55.6 Å². The van der Waals surface area contributed by atoms with E-state index in [4.69, 9.17) is 0 Å². The Balaban J connectivity index is 1.60. The van der Waals surface area contributed by atoms with E-state index in [1.807, 2.05) is 24.3 Å². The highest BCUT2D eigenvalue weighted by Gasteiger charge is 2.26. The summed E-state index contributed by atoms with van der Waals surface area (Å²) in [5.74, 6) is 0.185. The molecule has 1 heterocycles. The summed E-state index contributed by atoms with van der Waals surface area (Å²) in [7, 11) is 0. The van der Waals surface area contributed by atoms with E-state index < -0.39 is 0 Å². The Morgan fingerprint density at radius 2 is 2.08 bits per heavy atom. The van der Waals surface area contributed by atoms with Crippen molar-refractivity contribution < 1.29 is 4.79 Å². The number of piperidine rings is 1. The lowest BCUT2D eigenvalue weighted by Gasteiger charge is -2.32. The fraction of sp³-hybridized carbons (Fsp3) is 0.350. The quantitative estimate of drug-likeness (QED) is 0.831. The fourth-order valence-electron chi connectivity index (χ4n) is 3.25. The van der Waals surface area contributed by atoms with Crippen molar-refractivity contribution in [1.82, 2.24) is 4.90 Å². The minimum atomic E-state index is 0.0572. The highest BCUT2D eigenvalue weighted by molar-refractivity contribution is 9.10. The predicted octanol–water partition coefficient (Wildman–Crippen LogP) is 4.61. The smallest absolute Gasteiger partial charge is 0.228 e. The van der Waals surface area contributed by atoms with Crippen LogP contribution in [0.5, 0.6) is 0 Å². The van der Waals surface area contributed by atoms with Gasteiger partial charge in [0.1, 0.15) is 0 Å². The van der Waals surface area contributed by atoms with Crippen LogP contribution >= 0.6 is 15.9 Å². The third-order valence-corrected chi connectivity index (χ3v) is 5.12. The molecule has 3 nitrogen and oxygen atoms in total. The number of carbonyl (C=O) groups is 1. The number of nitrogens with one attached hydrogen (secondary N) is 1. The maximum absolute atomic E-state index is 12.6. The molecule has 1 N–H and O–H groups in total. The molecule has 2 aromatic carbocycles. The molecule has 0 saturated carbocycles.